The van der Waals surface area contributed by atoms with E-state index in [0.29, 0.717) is 44.3 Å². The molecule has 0 aromatic heterocycles. The van der Waals surface area contributed by atoms with Gasteiger partial charge in [-0.05, 0) is 44.9 Å². The highest BCUT2D eigenvalue weighted by Crippen LogP contribution is 2.30. The van der Waals surface area contributed by atoms with Gasteiger partial charge in [0.25, 0.3) is 0 Å². The molecule has 0 aliphatic carbocycles. The van der Waals surface area contributed by atoms with Crippen LogP contribution in [0, 0.1) is 0 Å². The molecule has 0 radical (unpaired) electrons. The Morgan fingerprint density at radius 2 is 2.03 bits per heavy atom. The molecule has 31 heavy (non-hydrogen) atoms. The van der Waals surface area contributed by atoms with E-state index in [1.807, 2.05) is 13.8 Å². The Morgan fingerprint density at radius 3 is 2.71 bits per heavy atom. The van der Waals surface area contributed by atoms with Crippen LogP contribution in [0.15, 0.2) is 23.1 Å². The van der Waals surface area contributed by atoms with Crippen molar-refractivity contribution in [3.8, 4) is 5.75 Å². The zero-order chi connectivity index (χ0) is 22.3. The zero-order valence-electron chi connectivity index (χ0n) is 18.2. The first kappa shape index (κ1) is 23.9. The number of hydrogen-bond acceptors (Lipinski definition) is 7. The number of ether oxygens (including phenoxy) is 4. The molecule has 0 saturated carbocycles. The number of benzene rings is 1. The van der Waals surface area contributed by atoms with E-state index in [0.717, 1.165) is 19.4 Å². The number of morpholine rings is 1. The molecule has 10 heteroatoms. The Bertz CT molecular complexity index is 832. The second kappa shape index (κ2) is 11.2. The molecule has 0 bridgehead atoms. The van der Waals surface area contributed by atoms with Crippen LogP contribution in [-0.4, -0.2) is 77.0 Å². The number of sulfonamides is 1. The summed E-state index contributed by atoms with van der Waals surface area (Å²) in [5.41, 5.74) is 0.326. The number of nitrogens with zero attached hydrogens (tertiary/aromatic N) is 1. The molecule has 174 valence electrons. The minimum Gasteiger partial charge on any atom is -0.489 e. The van der Waals surface area contributed by atoms with Crippen molar-refractivity contribution < 1.29 is 32.2 Å². The molecule has 2 saturated heterocycles. The van der Waals surface area contributed by atoms with Gasteiger partial charge < -0.3 is 24.3 Å². The Hall–Kier alpha value is -1.72. The fourth-order valence-corrected chi connectivity index (χ4v) is 4.86. The van der Waals surface area contributed by atoms with Gasteiger partial charge >= 0.3 is 0 Å². The van der Waals surface area contributed by atoms with Crippen molar-refractivity contribution in [1.29, 1.82) is 0 Å². The van der Waals surface area contributed by atoms with Gasteiger partial charge in [0.15, 0.2) is 0 Å². The quantitative estimate of drug-likeness (QED) is 0.537. The Kier molecular flexibility index (Phi) is 8.67. The summed E-state index contributed by atoms with van der Waals surface area (Å²) in [7, 11) is -3.69. The van der Waals surface area contributed by atoms with Crippen molar-refractivity contribution in [3.63, 3.8) is 0 Å². The second-order valence-corrected chi connectivity index (χ2v) is 9.79. The number of anilines is 1. The molecule has 1 aromatic carbocycles. The molecule has 1 N–H and O–H groups in total. The highest BCUT2D eigenvalue weighted by Gasteiger charge is 2.27. The van der Waals surface area contributed by atoms with E-state index in [2.05, 4.69) is 5.32 Å². The van der Waals surface area contributed by atoms with E-state index in [4.69, 9.17) is 18.9 Å². The first-order chi connectivity index (χ1) is 14.9. The smallest absolute Gasteiger partial charge is 0.243 e. The number of nitrogens with one attached hydrogen (secondary N) is 1. The minimum absolute atomic E-state index is 0.107. The highest BCUT2D eigenvalue weighted by atomic mass is 32.2. The summed E-state index contributed by atoms with van der Waals surface area (Å²) < 4.78 is 49.4. The summed E-state index contributed by atoms with van der Waals surface area (Å²) in [5, 5.41) is 2.78. The summed E-state index contributed by atoms with van der Waals surface area (Å²) in [4.78, 5) is 12.6. The summed E-state index contributed by atoms with van der Waals surface area (Å²) in [6, 6.07) is 4.54. The maximum Gasteiger partial charge on any atom is 0.243 e. The lowest BCUT2D eigenvalue weighted by Crippen LogP contribution is -2.40. The van der Waals surface area contributed by atoms with E-state index >= 15 is 0 Å². The highest BCUT2D eigenvalue weighted by molar-refractivity contribution is 7.89. The molecule has 0 spiro atoms. The van der Waals surface area contributed by atoms with Gasteiger partial charge in [0.2, 0.25) is 15.9 Å². The third kappa shape index (κ3) is 6.88. The number of amides is 1. The van der Waals surface area contributed by atoms with Crippen LogP contribution >= 0.6 is 0 Å². The molecule has 1 unspecified atom stereocenters. The zero-order valence-corrected chi connectivity index (χ0v) is 19.0. The number of rotatable bonds is 10. The molecular formula is C21H32N2O7S. The number of hydrogen-bond donors (Lipinski definition) is 1. The van der Waals surface area contributed by atoms with Crippen molar-refractivity contribution in [2.24, 2.45) is 0 Å². The standard InChI is InChI=1S/C21H32N2O7S/c1-16(2)30-20-6-5-18(31(25,26)23-8-12-27-13-9-23)14-19(20)22-21(24)7-11-28-15-17-4-3-10-29-17/h5-6,14,16-17H,3-4,7-13,15H2,1-2H3,(H,22,24). The summed E-state index contributed by atoms with van der Waals surface area (Å²) in [5.74, 6) is 0.145. The average molecular weight is 457 g/mol. The monoisotopic (exact) mass is 456 g/mol. The van der Waals surface area contributed by atoms with Gasteiger partial charge in [-0.1, -0.05) is 0 Å². The van der Waals surface area contributed by atoms with Crippen LogP contribution in [0.1, 0.15) is 33.1 Å². The maximum absolute atomic E-state index is 13.0. The third-order valence-corrected chi connectivity index (χ3v) is 6.89. The van der Waals surface area contributed by atoms with Crippen molar-refractivity contribution in [2.45, 2.75) is 50.2 Å². The lowest BCUT2D eigenvalue weighted by molar-refractivity contribution is -0.117. The van der Waals surface area contributed by atoms with Crippen molar-refractivity contribution in [3.05, 3.63) is 18.2 Å². The molecule has 1 atom stereocenters. The van der Waals surface area contributed by atoms with E-state index in [1.54, 1.807) is 6.07 Å². The molecule has 1 amide bonds. The fraction of sp³-hybridized carbons (Fsp3) is 0.667. The molecule has 2 heterocycles. The summed E-state index contributed by atoms with van der Waals surface area (Å²) in [6.07, 6.45) is 2.14. The molecule has 2 fully saturated rings. The van der Waals surface area contributed by atoms with E-state index < -0.39 is 10.0 Å². The van der Waals surface area contributed by atoms with Gasteiger partial charge in [-0.2, -0.15) is 4.31 Å². The third-order valence-electron chi connectivity index (χ3n) is 5.00. The molecule has 2 aliphatic heterocycles. The van der Waals surface area contributed by atoms with Gasteiger partial charge in [0.05, 0.1) is 55.6 Å². The van der Waals surface area contributed by atoms with Crippen LogP contribution in [0.2, 0.25) is 0 Å². The van der Waals surface area contributed by atoms with Crippen LogP contribution in [0.3, 0.4) is 0 Å². The van der Waals surface area contributed by atoms with Crippen molar-refractivity contribution in [2.75, 3.05) is 51.4 Å². The van der Waals surface area contributed by atoms with Crippen LogP contribution in [0.4, 0.5) is 5.69 Å². The lowest BCUT2D eigenvalue weighted by Gasteiger charge is -2.26. The van der Waals surface area contributed by atoms with E-state index in [1.165, 1.54) is 16.4 Å². The molecule has 3 rings (SSSR count). The first-order valence-electron chi connectivity index (χ1n) is 10.7. The average Bonchev–Trinajstić information content (AvgIpc) is 3.26. The lowest BCUT2D eigenvalue weighted by atomic mass is 10.2. The first-order valence-corrected chi connectivity index (χ1v) is 12.2. The van der Waals surface area contributed by atoms with E-state index in [-0.39, 0.29) is 36.0 Å². The van der Waals surface area contributed by atoms with Gasteiger partial charge in [-0.3, -0.25) is 4.79 Å². The Morgan fingerprint density at radius 1 is 1.26 bits per heavy atom. The Labute approximate surface area is 184 Å². The molecule has 2 aliphatic rings. The fourth-order valence-electron chi connectivity index (χ4n) is 3.43. The van der Waals surface area contributed by atoms with Crippen molar-refractivity contribution in [1.82, 2.24) is 4.31 Å². The largest absolute Gasteiger partial charge is 0.489 e. The number of carbonyl (C=O) groups excluding carboxylic acids is 1. The van der Waals surface area contributed by atoms with E-state index in [9.17, 15) is 13.2 Å². The SMILES string of the molecule is CC(C)Oc1ccc(S(=O)(=O)N2CCOCC2)cc1NC(=O)CCOCC1CCCO1. The summed E-state index contributed by atoms with van der Waals surface area (Å²) in [6.45, 7) is 6.56. The van der Waals surface area contributed by atoms with Crippen LogP contribution in [0.25, 0.3) is 0 Å². The predicted octanol–water partition coefficient (Wildman–Crippen LogP) is 2.02. The second-order valence-electron chi connectivity index (χ2n) is 7.85. The molecule has 9 nitrogen and oxygen atoms in total. The molecular weight excluding hydrogens is 424 g/mol. The van der Waals surface area contributed by atoms with Gasteiger partial charge in [-0.25, -0.2) is 8.42 Å². The number of carbonyl (C=O) groups is 1. The van der Waals surface area contributed by atoms with Crippen LogP contribution in [0.5, 0.6) is 5.75 Å². The van der Waals surface area contributed by atoms with Gasteiger partial charge in [-0.15, -0.1) is 0 Å². The van der Waals surface area contributed by atoms with Gasteiger partial charge in [0.1, 0.15) is 5.75 Å². The molecule has 1 aromatic rings. The minimum atomic E-state index is -3.69. The summed E-state index contributed by atoms with van der Waals surface area (Å²) >= 11 is 0. The van der Waals surface area contributed by atoms with Crippen LogP contribution in [-0.2, 0) is 29.0 Å². The predicted molar refractivity (Wildman–Crippen MR) is 115 cm³/mol. The van der Waals surface area contributed by atoms with Crippen LogP contribution < -0.4 is 10.1 Å². The van der Waals surface area contributed by atoms with Crippen molar-refractivity contribution >= 4 is 21.6 Å². The van der Waals surface area contributed by atoms with Gasteiger partial charge in [0, 0.05) is 19.7 Å². The topological polar surface area (TPSA) is 103 Å². The maximum atomic E-state index is 13.0. The normalized spacial score (nSPS) is 20.2. The Balaban J connectivity index is 1.65.